The van der Waals surface area contributed by atoms with Crippen LogP contribution >= 0.6 is 11.8 Å². The molecule has 0 unspecified atom stereocenters. The van der Waals surface area contributed by atoms with Gasteiger partial charge in [0.25, 0.3) is 0 Å². The van der Waals surface area contributed by atoms with E-state index in [1.54, 1.807) is 11.8 Å². The predicted molar refractivity (Wildman–Crippen MR) is 116 cm³/mol. The van der Waals surface area contributed by atoms with Crippen molar-refractivity contribution < 1.29 is 19.1 Å². The first-order valence-electron chi connectivity index (χ1n) is 9.98. The number of carbonyl (C=O) groups is 2. The minimum absolute atomic E-state index is 0.169. The van der Waals surface area contributed by atoms with E-state index >= 15 is 0 Å². The van der Waals surface area contributed by atoms with Crippen LogP contribution in [0.25, 0.3) is 11.1 Å². The van der Waals surface area contributed by atoms with Crippen LogP contribution < -0.4 is 0 Å². The third-order valence-corrected chi connectivity index (χ3v) is 6.33. The van der Waals surface area contributed by atoms with Crippen LogP contribution in [0.2, 0.25) is 0 Å². The van der Waals surface area contributed by atoms with Gasteiger partial charge in [-0.1, -0.05) is 48.5 Å². The van der Waals surface area contributed by atoms with Gasteiger partial charge in [-0.3, -0.25) is 0 Å². The number of fused-ring (bicyclic) bond motifs is 3. The molecule has 29 heavy (non-hydrogen) atoms. The fourth-order valence-electron chi connectivity index (χ4n) is 3.87. The quantitative estimate of drug-likeness (QED) is 0.575. The van der Waals surface area contributed by atoms with Gasteiger partial charge in [-0.25, -0.2) is 9.59 Å². The summed E-state index contributed by atoms with van der Waals surface area (Å²) in [6.45, 7) is 7.33. The standard InChI is InChI=1S/C23H27NO4S/c1-4-24(5-2)21(25)28-15-23(16-29-22(26)27-6-3)19-13-9-7-11-17(19)18-12-8-10-14-20(18)23/h7-14H,4-6,15-16H2,1-3H3. The predicted octanol–water partition coefficient (Wildman–Crippen LogP) is 5.32. The van der Waals surface area contributed by atoms with Crippen LogP contribution in [0.1, 0.15) is 31.9 Å². The molecule has 0 saturated carbocycles. The fraction of sp³-hybridized carbons (Fsp3) is 0.391. The SMILES string of the molecule is CCOC(=O)SCC1(COC(=O)N(CC)CC)c2ccccc2-c2ccccc21. The summed E-state index contributed by atoms with van der Waals surface area (Å²) in [7, 11) is 0. The minimum atomic E-state index is -0.604. The first kappa shape index (κ1) is 21.2. The van der Waals surface area contributed by atoms with Crippen LogP contribution in [0.4, 0.5) is 9.59 Å². The van der Waals surface area contributed by atoms with Gasteiger partial charge < -0.3 is 14.4 Å². The van der Waals surface area contributed by atoms with Crippen molar-refractivity contribution in [2.45, 2.75) is 26.2 Å². The highest BCUT2D eigenvalue weighted by Crippen LogP contribution is 2.50. The highest BCUT2D eigenvalue weighted by molar-refractivity contribution is 8.13. The third-order valence-electron chi connectivity index (χ3n) is 5.34. The average molecular weight is 414 g/mol. The topological polar surface area (TPSA) is 55.8 Å². The van der Waals surface area contributed by atoms with Gasteiger partial charge in [-0.15, -0.1) is 0 Å². The van der Waals surface area contributed by atoms with E-state index in [-0.39, 0.29) is 18.0 Å². The molecule has 1 aliphatic carbocycles. The van der Waals surface area contributed by atoms with Crippen molar-refractivity contribution in [3.8, 4) is 11.1 Å². The monoisotopic (exact) mass is 413 g/mol. The van der Waals surface area contributed by atoms with Crippen LogP contribution in [-0.2, 0) is 14.9 Å². The number of carbonyl (C=O) groups excluding carboxylic acids is 2. The van der Waals surface area contributed by atoms with Crippen molar-refractivity contribution in [3.05, 3.63) is 59.7 Å². The van der Waals surface area contributed by atoms with Crippen molar-refractivity contribution in [2.75, 3.05) is 32.1 Å². The van der Waals surface area contributed by atoms with E-state index < -0.39 is 5.41 Å². The molecule has 5 nitrogen and oxygen atoms in total. The van der Waals surface area contributed by atoms with Gasteiger partial charge in [-0.2, -0.15) is 0 Å². The van der Waals surface area contributed by atoms with E-state index in [1.165, 1.54) is 0 Å². The third kappa shape index (κ3) is 4.13. The number of amides is 1. The maximum absolute atomic E-state index is 12.6. The maximum Gasteiger partial charge on any atom is 0.409 e. The van der Waals surface area contributed by atoms with Crippen LogP contribution in [-0.4, -0.2) is 48.4 Å². The number of benzene rings is 2. The second kappa shape index (κ2) is 9.35. The van der Waals surface area contributed by atoms with Crippen molar-refractivity contribution in [3.63, 3.8) is 0 Å². The molecular formula is C23H27NO4S. The number of ether oxygens (including phenoxy) is 2. The molecule has 0 fully saturated rings. The van der Waals surface area contributed by atoms with Crippen LogP contribution in [0.15, 0.2) is 48.5 Å². The molecule has 1 aliphatic rings. The summed E-state index contributed by atoms with van der Waals surface area (Å²) in [5, 5.41) is -0.316. The van der Waals surface area contributed by atoms with Gasteiger partial charge in [0.05, 0.1) is 12.0 Å². The summed E-state index contributed by atoms with van der Waals surface area (Å²) >= 11 is 1.13. The van der Waals surface area contributed by atoms with Crippen molar-refractivity contribution >= 4 is 23.2 Å². The van der Waals surface area contributed by atoms with Gasteiger partial charge >= 0.3 is 11.4 Å². The maximum atomic E-state index is 12.6. The largest absolute Gasteiger partial charge is 0.458 e. The summed E-state index contributed by atoms with van der Waals surface area (Å²) in [6, 6.07) is 16.3. The van der Waals surface area contributed by atoms with Gasteiger partial charge in [0, 0.05) is 18.8 Å². The number of nitrogens with zero attached hydrogens (tertiary/aromatic N) is 1. The fourth-order valence-corrected chi connectivity index (χ4v) is 4.83. The number of rotatable bonds is 7. The lowest BCUT2D eigenvalue weighted by atomic mass is 9.81. The average Bonchev–Trinajstić information content (AvgIpc) is 3.03. The zero-order valence-electron chi connectivity index (χ0n) is 17.1. The van der Waals surface area contributed by atoms with E-state index in [1.807, 2.05) is 38.1 Å². The number of hydrogen-bond donors (Lipinski definition) is 0. The molecule has 154 valence electrons. The van der Waals surface area contributed by atoms with E-state index in [0.29, 0.717) is 25.4 Å². The van der Waals surface area contributed by atoms with Gasteiger partial charge in [0.2, 0.25) is 0 Å². The molecular weight excluding hydrogens is 386 g/mol. The van der Waals surface area contributed by atoms with Crippen molar-refractivity contribution in [2.24, 2.45) is 0 Å². The molecule has 0 N–H and O–H groups in total. The molecule has 0 saturated heterocycles. The molecule has 0 aromatic heterocycles. The van der Waals surface area contributed by atoms with E-state index in [0.717, 1.165) is 34.0 Å². The van der Waals surface area contributed by atoms with E-state index in [2.05, 4.69) is 24.3 Å². The van der Waals surface area contributed by atoms with Gasteiger partial charge in [-0.05, 0) is 54.8 Å². The molecule has 2 aromatic carbocycles. The van der Waals surface area contributed by atoms with Gasteiger partial charge in [0.15, 0.2) is 0 Å². The Labute approximate surface area is 176 Å². The number of thioether (sulfide) groups is 1. The van der Waals surface area contributed by atoms with Crippen molar-refractivity contribution in [1.82, 2.24) is 4.90 Å². The Morgan fingerprint density at radius 2 is 1.45 bits per heavy atom. The molecule has 0 spiro atoms. The zero-order chi connectivity index (χ0) is 20.9. The molecule has 0 aliphatic heterocycles. The Hall–Kier alpha value is -2.47. The molecule has 0 atom stereocenters. The first-order valence-corrected chi connectivity index (χ1v) is 11.0. The lowest BCUT2D eigenvalue weighted by Gasteiger charge is -2.32. The minimum Gasteiger partial charge on any atom is -0.458 e. The second-order valence-corrected chi connectivity index (χ2v) is 7.78. The smallest absolute Gasteiger partial charge is 0.409 e. The summed E-state index contributed by atoms with van der Waals surface area (Å²) in [6.07, 6.45) is -0.336. The molecule has 6 heteroatoms. The van der Waals surface area contributed by atoms with E-state index in [4.69, 9.17) is 9.47 Å². The molecule has 2 aromatic rings. The Morgan fingerprint density at radius 1 is 0.897 bits per heavy atom. The zero-order valence-corrected chi connectivity index (χ0v) is 18.0. The van der Waals surface area contributed by atoms with Gasteiger partial charge in [0.1, 0.15) is 6.61 Å². The highest BCUT2D eigenvalue weighted by Gasteiger charge is 2.45. The lowest BCUT2D eigenvalue weighted by Crippen LogP contribution is -2.39. The highest BCUT2D eigenvalue weighted by atomic mass is 32.2. The lowest BCUT2D eigenvalue weighted by molar-refractivity contribution is 0.0928. The molecule has 0 radical (unpaired) electrons. The second-order valence-electron chi connectivity index (χ2n) is 6.87. The molecule has 1 amide bonds. The van der Waals surface area contributed by atoms with Crippen LogP contribution in [0.5, 0.6) is 0 Å². The summed E-state index contributed by atoms with van der Waals surface area (Å²) in [5.74, 6) is 0.436. The Kier molecular flexibility index (Phi) is 6.85. The van der Waals surface area contributed by atoms with Crippen LogP contribution in [0, 0.1) is 0 Å². The van der Waals surface area contributed by atoms with E-state index in [9.17, 15) is 9.59 Å². The molecule has 3 rings (SSSR count). The Morgan fingerprint density at radius 3 is 1.97 bits per heavy atom. The Bertz CT molecular complexity index is 833. The normalized spacial score (nSPS) is 13.3. The molecule has 0 heterocycles. The van der Waals surface area contributed by atoms with Crippen LogP contribution in [0.3, 0.4) is 0 Å². The summed E-state index contributed by atoms with van der Waals surface area (Å²) in [4.78, 5) is 26.4. The molecule has 0 bridgehead atoms. The number of hydrogen-bond acceptors (Lipinski definition) is 5. The summed E-state index contributed by atoms with van der Waals surface area (Å²) < 4.78 is 10.9. The van der Waals surface area contributed by atoms with Crippen molar-refractivity contribution in [1.29, 1.82) is 0 Å². The first-order chi connectivity index (χ1) is 14.1. The summed E-state index contributed by atoms with van der Waals surface area (Å²) in [5.41, 5.74) is 3.78. The Balaban J connectivity index is 1.99.